The highest BCUT2D eigenvalue weighted by Crippen LogP contribution is 2.26. The maximum Gasteiger partial charge on any atom is 0.261 e. The highest BCUT2D eigenvalue weighted by Gasteiger charge is 2.29. The molecule has 1 atom stereocenters. The first-order valence-electron chi connectivity index (χ1n) is 9.89. The molecule has 1 N–H and O–H groups in total. The number of amides is 2. The molecule has 2 aromatic rings. The summed E-state index contributed by atoms with van der Waals surface area (Å²) in [5.41, 5.74) is 2.07. The van der Waals surface area contributed by atoms with E-state index < -0.39 is 6.04 Å². The Morgan fingerprint density at radius 1 is 1.03 bits per heavy atom. The van der Waals surface area contributed by atoms with E-state index >= 15 is 0 Å². The molecule has 0 aromatic heterocycles. The number of carbonyl (C=O) groups excluding carboxylic acids is 2. The van der Waals surface area contributed by atoms with Gasteiger partial charge in [-0.05, 0) is 43.5 Å². The minimum atomic E-state index is -0.566. The molecular weight excluding hydrogens is 368 g/mol. The van der Waals surface area contributed by atoms with Gasteiger partial charge >= 0.3 is 0 Å². The normalized spacial score (nSPS) is 11.4. The molecule has 6 heteroatoms. The molecule has 0 heterocycles. The van der Waals surface area contributed by atoms with Crippen LogP contribution in [0.3, 0.4) is 0 Å². The third kappa shape index (κ3) is 5.98. The lowest BCUT2D eigenvalue weighted by Gasteiger charge is -2.31. The second-order valence-corrected chi connectivity index (χ2v) is 6.71. The van der Waals surface area contributed by atoms with Gasteiger partial charge in [0.1, 0.15) is 6.04 Å². The highest BCUT2D eigenvalue weighted by molar-refractivity contribution is 5.88. The molecule has 0 spiro atoms. The molecule has 0 fully saturated rings. The van der Waals surface area contributed by atoms with Gasteiger partial charge in [-0.1, -0.05) is 43.3 Å². The zero-order chi connectivity index (χ0) is 21.2. The zero-order valence-corrected chi connectivity index (χ0v) is 17.6. The number of methoxy groups -OCH3 is 1. The SMILES string of the molecule is CCNC(=O)C(CC)N(Cc1ccccc1C)C(=O)COc1ccccc1OC. The van der Waals surface area contributed by atoms with Gasteiger partial charge in [-0.3, -0.25) is 9.59 Å². The van der Waals surface area contributed by atoms with Crippen LogP contribution in [-0.4, -0.2) is 43.0 Å². The molecular formula is C23H30N2O4. The van der Waals surface area contributed by atoms with Gasteiger partial charge in [0, 0.05) is 13.1 Å². The van der Waals surface area contributed by atoms with Gasteiger partial charge in [-0.15, -0.1) is 0 Å². The van der Waals surface area contributed by atoms with Crippen molar-refractivity contribution >= 4 is 11.8 Å². The average molecular weight is 399 g/mol. The van der Waals surface area contributed by atoms with E-state index in [1.54, 1.807) is 24.1 Å². The summed E-state index contributed by atoms with van der Waals surface area (Å²) in [6, 6.07) is 14.5. The summed E-state index contributed by atoms with van der Waals surface area (Å²) >= 11 is 0. The number of aryl methyl sites for hydroxylation is 1. The molecule has 0 aliphatic rings. The summed E-state index contributed by atoms with van der Waals surface area (Å²) in [7, 11) is 1.55. The summed E-state index contributed by atoms with van der Waals surface area (Å²) in [5.74, 6) is 0.637. The fourth-order valence-corrected chi connectivity index (χ4v) is 3.14. The minimum Gasteiger partial charge on any atom is -0.493 e. The lowest BCUT2D eigenvalue weighted by atomic mass is 10.1. The number of hydrogen-bond acceptors (Lipinski definition) is 4. The summed E-state index contributed by atoms with van der Waals surface area (Å²) in [6.07, 6.45) is 0.512. The van der Waals surface area contributed by atoms with E-state index in [0.717, 1.165) is 11.1 Å². The van der Waals surface area contributed by atoms with Crippen LogP contribution in [0.15, 0.2) is 48.5 Å². The van der Waals surface area contributed by atoms with Gasteiger partial charge in [0.2, 0.25) is 5.91 Å². The molecule has 0 bridgehead atoms. The molecule has 2 aromatic carbocycles. The van der Waals surface area contributed by atoms with Crippen LogP contribution in [0.2, 0.25) is 0 Å². The largest absolute Gasteiger partial charge is 0.493 e. The Labute approximate surface area is 172 Å². The van der Waals surface area contributed by atoms with Crippen LogP contribution < -0.4 is 14.8 Å². The first-order chi connectivity index (χ1) is 14.0. The van der Waals surface area contributed by atoms with Crippen LogP contribution in [0.1, 0.15) is 31.4 Å². The van der Waals surface area contributed by atoms with Gasteiger partial charge in [0.15, 0.2) is 18.1 Å². The first-order valence-corrected chi connectivity index (χ1v) is 9.89. The number of rotatable bonds is 10. The topological polar surface area (TPSA) is 67.9 Å². The second-order valence-electron chi connectivity index (χ2n) is 6.71. The Morgan fingerprint density at radius 2 is 1.69 bits per heavy atom. The van der Waals surface area contributed by atoms with Crippen molar-refractivity contribution in [2.75, 3.05) is 20.3 Å². The Hall–Kier alpha value is -3.02. The lowest BCUT2D eigenvalue weighted by molar-refractivity contribution is -0.143. The molecule has 29 heavy (non-hydrogen) atoms. The van der Waals surface area contributed by atoms with Crippen LogP contribution in [0, 0.1) is 6.92 Å². The standard InChI is InChI=1S/C23H30N2O4/c1-5-19(23(27)24-6-2)25(15-18-12-8-7-11-17(18)3)22(26)16-29-21-14-10-9-13-20(21)28-4/h7-14,19H,5-6,15-16H2,1-4H3,(H,24,27). The van der Waals surface area contributed by atoms with Crippen LogP contribution >= 0.6 is 0 Å². The van der Waals surface area contributed by atoms with E-state index in [-0.39, 0.29) is 18.4 Å². The fraction of sp³-hybridized carbons (Fsp3) is 0.391. The quantitative estimate of drug-likeness (QED) is 0.667. The monoisotopic (exact) mass is 398 g/mol. The number of hydrogen-bond donors (Lipinski definition) is 1. The predicted molar refractivity (Wildman–Crippen MR) is 113 cm³/mol. The molecule has 0 aliphatic heterocycles. The maximum atomic E-state index is 13.1. The van der Waals surface area contributed by atoms with Crippen molar-refractivity contribution in [2.24, 2.45) is 0 Å². The molecule has 0 saturated carbocycles. The maximum absolute atomic E-state index is 13.1. The highest BCUT2D eigenvalue weighted by atomic mass is 16.5. The van der Waals surface area contributed by atoms with Gasteiger partial charge in [-0.25, -0.2) is 0 Å². The number of likely N-dealkylation sites (N-methyl/N-ethyl adjacent to an activating group) is 1. The van der Waals surface area contributed by atoms with Crippen molar-refractivity contribution in [1.29, 1.82) is 0 Å². The molecule has 2 rings (SSSR count). The smallest absolute Gasteiger partial charge is 0.261 e. The van der Waals surface area contributed by atoms with E-state index in [1.165, 1.54) is 0 Å². The van der Waals surface area contributed by atoms with Gasteiger partial charge < -0.3 is 19.7 Å². The Kier molecular flexibility index (Phi) is 8.52. The molecule has 0 aliphatic carbocycles. The number of nitrogens with one attached hydrogen (secondary N) is 1. The minimum absolute atomic E-state index is 0.158. The molecule has 156 valence electrons. The van der Waals surface area contributed by atoms with E-state index in [4.69, 9.17) is 9.47 Å². The van der Waals surface area contributed by atoms with Crippen LogP contribution in [0.5, 0.6) is 11.5 Å². The summed E-state index contributed by atoms with van der Waals surface area (Å²) in [6.45, 7) is 6.44. The van der Waals surface area contributed by atoms with E-state index in [0.29, 0.717) is 31.0 Å². The van der Waals surface area contributed by atoms with Crippen LogP contribution in [0.4, 0.5) is 0 Å². The van der Waals surface area contributed by atoms with Crippen molar-refractivity contribution in [3.8, 4) is 11.5 Å². The third-order valence-corrected chi connectivity index (χ3v) is 4.76. The number of benzene rings is 2. The number of carbonyl (C=O) groups is 2. The van der Waals surface area contributed by atoms with Crippen molar-refractivity contribution in [3.05, 3.63) is 59.7 Å². The average Bonchev–Trinajstić information content (AvgIpc) is 2.73. The second kappa shape index (κ2) is 11.1. The number of nitrogens with zero attached hydrogens (tertiary/aromatic N) is 1. The van der Waals surface area contributed by atoms with E-state index in [2.05, 4.69) is 5.32 Å². The van der Waals surface area contributed by atoms with Crippen molar-refractivity contribution < 1.29 is 19.1 Å². The first kappa shape index (κ1) is 22.3. The van der Waals surface area contributed by atoms with Crippen LogP contribution in [0.25, 0.3) is 0 Å². The molecule has 1 unspecified atom stereocenters. The Morgan fingerprint density at radius 3 is 2.31 bits per heavy atom. The third-order valence-electron chi connectivity index (χ3n) is 4.76. The summed E-state index contributed by atoms with van der Waals surface area (Å²) in [5, 5.41) is 2.83. The Bertz CT molecular complexity index is 822. The number of ether oxygens (including phenoxy) is 2. The van der Waals surface area contributed by atoms with Gasteiger partial charge in [0.05, 0.1) is 7.11 Å². The van der Waals surface area contributed by atoms with Crippen LogP contribution in [-0.2, 0) is 16.1 Å². The zero-order valence-electron chi connectivity index (χ0n) is 17.6. The van der Waals surface area contributed by atoms with Gasteiger partial charge in [-0.2, -0.15) is 0 Å². The summed E-state index contributed by atoms with van der Waals surface area (Å²) in [4.78, 5) is 27.3. The molecule has 6 nitrogen and oxygen atoms in total. The molecule has 2 amide bonds. The fourth-order valence-electron chi connectivity index (χ4n) is 3.14. The van der Waals surface area contributed by atoms with E-state index in [9.17, 15) is 9.59 Å². The number of para-hydroxylation sites is 2. The summed E-state index contributed by atoms with van der Waals surface area (Å²) < 4.78 is 11.0. The van der Waals surface area contributed by atoms with Gasteiger partial charge in [0.25, 0.3) is 5.91 Å². The van der Waals surface area contributed by atoms with Crippen molar-refractivity contribution in [3.63, 3.8) is 0 Å². The van der Waals surface area contributed by atoms with E-state index in [1.807, 2.05) is 57.2 Å². The predicted octanol–water partition coefficient (Wildman–Crippen LogP) is 3.33. The lowest BCUT2D eigenvalue weighted by Crippen LogP contribution is -2.50. The van der Waals surface area contributed by atoms with Crippen molar-refractivity contribution in [1.82, 2.24) is 10.2 Å². The van der Waals surface area contributed by atoms with Crippen molar-refractivity contribution in [2.45, 2.75) is 39.8 Å². The Balaban J connectivity index is 2.23. The molecule has 0 saturated heterocycles. The molecule has 0 radical (unpaired) electrons.